The van der Waals surface area contributed by atoms with Crippen LogP contribution in [-0.4, -0.2) is 24.6 Å². The molecule has 2 rings (SSSR count). The molecular weight excluding hydrogens is 247 g/mol. The number of carbonyl (C=O) groups is 1. The van der Waals surface area contributed by atoms with E-state index in [1.165, 1.54) is 12.1 Å². The van der Waals surface area contributed by atoms with E-state index in [2.05, 4.69) is 5.32 Å². The van der Waals surface area contributed by atoms with E-state index < -0.39 is 5.54 Å². The van der Waals surface area contributed by atoms with Gasteiger partial charge in [-0.05, 0) is 49.6 Å². The standard InChI is InChI=1S/C14H19FN2O2/c1-2-17-14(13(16)18,10-3-4-10)9-19-12-7-5-11(15)6-8-12/h5-8,10,17H,2-4,9H2,1H3,(H2,16,18). The van der Waals surface area contributed by atoms with Crippen molar-refractivity contribution in [2.45, 2.75) is 25.3 Å². The number of likely N-dealkylation sites (N-methyl/N-ethyl adjacent to an activating group) is 1. The van der Waals surface area contributed by atoms with Crippen molar-refractivity contribution < 1.29 is 13.9 Å². The van der Waals surface area contributed by atoms with Crippen LogP contribution in [0.3, 0.4) is 0 Å². The normalized spacial score (nSPS) is 17.8. The van der Waals surface area contributed by atoms with Crippen molar-refractivity contribution >= 4 is 5.91 Å². The molecule has 3 N–H and O–H groups in total. The lowest BCUT2D eigenvalue weighted by Gasteiger charge is -2.31. The zero-order chi connectivity index (χ0) is 13.9. The molecule has 0 spiro atoms. The third-order valence-corrected chi connectivity index (χ3v) is 3.49. The highest BCUT2D eigenvalue weighted by Crippen LogP contribution is 2.40. The van der Waals surface area contributed by atoms with Crippen molar-refractivity contribution in [1.82, 2.24) is 5.32 Å². The molecular formula is C14H19FN2O2. The molecule has 1 fully saturated rings. The summed E-state index contributed by atoms with van der Waals surface area (Å²) in [6.07, 6.45) is 1.95. The first-order valence-electron chi connectivity index (χ1n) is 6.52. The lowest BCUT2D eigenvalue weighted by molar-refractivity contribution is -0.126. The Labute approximate surface area is 112 Å². The summed E-state index contributed by atoms with van der Waals surface area (Å²) in [5, 5.41) is 3.17. The van der Waals surface area contributed by atoms with Crippen molar-refractivity contribution in [1.29, 1.82) is 0 Å². The molecule has 1 saturated carbocycles. The summed E-state index contributed by atoms with van der Waals surface area (Å²) in [5.74, 6) is 0.0531. The molecule has 1 aromatic rings. The monoisotopic (exact) mass is 266 g/mol. The highest BCUT2D eigenvalue weighted by Gasteiger charge is 2.50. The van der Waals surface area contributed by atoms with Crippen LogP contribution in [0.4, 0.5) is 4.39 Å². The van der Waals surface area contributed by atoms with Gasteiger partial charge in [-0.15, -0.1) is 0 Å². The topological polar surface area (TPSA) is 64.3 Å². The Morgan fingerprint density at radius 3 is 2.58 bits per heavy atom. The largest absolute Gasteiger partial charge is 0.491 e. The number of benzene rings is 1. The van der Waals surface area contributed by atoms with E-state index in [0.29, 0.717) is 12.3 Å². The van der Waals surface area contributed by atoms with Crippen LogP contribution >= 0.6 is 0 Å². The molecule has 0 saturated heterocycles. The fraction of sp³-hybridized carbons (Fsp3) is 0.500. The molecule has 1 aliphatic rings. The van der Waals surface area contributed by atoms with E-state index in [4.69, 9.17) is 10.5 Å². The molecule has 0 aromatic heterocycles. The SMILES string of the molecule is CCNC(COc1ccc(F)cc1)(C(N)=O)C1CC1. The van der Waals surface area contributed by atoms with E-state index in [-0.39, 0.29) is 24.2 Å². The molecule has 1 unspecified atom stereocenters. The first-order valence-corrected chi connectivity index (χ1v) is 6.52. The molecule has 1 aromatic carbocycles. The van der Waals surface area contributed by atoms with E-state index in [0.717, 1.165) is 12.8 Å². The van der Waals surface area contributed by atoms with Gasteiger partial charge in [0.25, 0.3) is 0 Å². The van der Waals surface area contributed by atoms with Gasteiger partial charge < -0.3 is 15.8 Å². The molecule has 0 heterocycles. The Bertz CT molecular complexity index is 445. The molecule has 104 valence electrons. The smallest absolute Gasteiger partial charge is 0.241 e. The maximum Gasteiger partial charge on any atom is 0.241 e. The van der Waals surface area contributed by atoms with Crippen molar-refractivity contribution in [2.24, 2.45) is 11.7 Å². The average Bonchev–Trinajstić information content (AvgIpc) is 3.20. The minimum absolute atomic E-state index is 0.173. The number of halogens is 1. The van der Waals surface area contributed by atoms with E-state index >= 15 is 0 Å². The van der Waals surface area contributed by atoms with Crippen LogP contribution in [0.5, 0.6) is 5.75 Å². The Kier molecular flexibility index (Phi) is 4.04. The van der Waals surface area contributed by atoms with Crippen LogP contribution in [-0.2, 0) is 4.79 Å². The fourth-order valence-corrected chi connectivity index (χ4v) is 2.29. The predicted octanol–water partition coefficient (Wildman–Crippen LogP) is 1.45. The second-order valence-corrected chi connectivity index (χ2v) is 4.88. The molecule has 0 bridgehead atoms. The van der Waals surface area contributed by atoms with Gasteiger partial charge in [-0.2, -0.15) is 0 Å². The van der Waals surface area contributed by atoms with Crippen LogP contribution in [0.15, 0.2) is 24.3 Å². The Morgan fingerprint density at radius 2 is 2.11 bits per heavy atom. The van der Waals surface area contributed by atoms with Gasteiger partial charge >= 0.3 is 0 Å². The lowest BCUT2D eigenvalue weighted by Crippen LogP contribution is -2.61. The number of carbonyl (C=O) groups excluding carboxylic acids is 1. The molecule has 0 radical (unpaired) electrons. The van der Waals surface area contributed by atoms with Crippen molar-refractivity contribution in [3.8, 4) is 5.75 Å². The van der Waals surface area contributed by atoms with Gasteiger partial charge in [0.2, 0.25) is 5.91 Å². The second kappa shape index (κ2) is 5.57. The molecule has 5 heteroatoms. The highest BCUT2D eigenvalue weighted by molar-refractivity contribution is 5.85. The van der Waals surface area contributed by atoms with Gasteiger partial charge in [0.1, 0.15) is 23.7 Å². The van der Waals surface area contributed by atoms with Gasteiger partial charge in [0.15, 0.2) is 0 Å². The summed E-state index contributed by atoms with van der Waals surface area (Å²) >= 11 is 0. The van der Waals surface area contributed by atoms with Gasteiger partial charge in [0, 0.05) is 0 Å². The fourth-order valence-electron chi connectivity index (χ4n) is 2.29. The maximum absolute atomic E-state index is 12.8. The number of amides is 1. The summed E-state index contributed by atoms with van der Waals surface area (Å²) in [6, 6.07) is 5.73. The summed E-state index contributed by atoms with van der Waals surface area (Å²) in [6.45, 7) is 2.75. The number of nitrogens with one attached hydrogen (secondary N) is 1. The van der Waals surface area contributed by atoms with Crippen LogP contribution in [0.1, 0.15) is 19.8 Å². The minimum Gasteiger partial charge on any atom is -0.491 e. The Balaban J connectivity index is 2.07. The van der Waals surface area contributed by atoms with Gasteiger partial charge in [-0.3, -0.25) is 4.79 Å². The van der Waals surface area contributed by atoms with Gasteiger partial charge in [-0.25, -0.2) is 4.39 Å². The third kappa shape index (κ3) is 3.04. The third-order valence-electron chi connectivity index (χ3n) is 3.49. The summed E-state index contributed by atoms with van der Waals surface area (Å²) < 4.78 is 18.4. The summed E-state index contributed by atoms with van der Waals surface area (Å²) in [4.78, 5) is 11.8. The quantitative estimate of drug-likeness (QED) is 0.785. The Hall–Kier alpha value is -1.62. The highest BCUT2D eigenvalue weighted by atomic mass is 19.1. The molecule has 1 amide bonds. The molecule has 0 aliphatic heterocycles. The average molecular weight is 266 g/mol. The molecule has 19 heavy (non-hydrogen) atoms. The van der Waals surface area contributed by atoms with Crippen LogP contribution in [0.25, 0.3) is 0 Å². The number of hydrogen-bond acceptors (Lipinski definition) is 3. The number of rotatable bonds is 7. The van der Waals surface area contributed by atoms with Crippen LogP contribution < -0.4 is 15.8 Å². The summed E-state index contributed by atoms with van der Waals surface area (Å²) in [7, 11) is 0. The van der Waals surface area contributed by atoms with Crippen molar-refractivity contribution in [3.05, 3.63) is 30.1 Å². The maximum atomic E-state index is 12.8. The first kappa shape index (κ1) is 13.8. The van der Waals surface area contributed by atoms with E-state index in [9.17, 15) is 9.18 Å². The number of hydrogen-bond donors (Lipinski definition) is 2. The lowest BCUT2D eigenvalue weighted by atomic mass is 9.93. The Morgan fingerprint density at radius 1 is 1.47 bits per heavy atom. The minimum atomic E-state index is -0.816. The van der Waals surface area contributed by atoms with E-state index in [1.807, 2.05) is 6.92 Å². The zero-order valence-electron chi connectivity index (χ0n) is 11.0. The van der Waals surface area contributed by atoms with Crippen molar-refractivity contribution in [3.63, 3.8) is 0 Å². The number of primary amides is 1. The first-order chi connectivity index (χ1) is 9.08. The molecule has 1 atom stereocenters. The zero-order valence-corrected chi connectivity index (χ0v) is 11.0. The number of ether oxygens (including phenoxy) is 1. The molecule has 1 aliphatic carbocycles. The van der Waals surface area contributed by atoms with Crippen molar-refractivity contribution in [2.75, 3.05) is 13.2 Å². The molecule has 4 nitrogen and oxygen atoms in total. The second-order valence-electron chi connectivity index (χ2n) is 4.88. The van der Waals surface area contributed by atoms with Crippen LogP contribution in [0, 0.1) is 11.7 Å². The van der Waals surface area contributed by atoms with Crippen LogP contribution in [0.2, 0.25) is 0 Å². The van der Waals surface area contributed by atoms with Gasteiger partial charge in [0.05, 0.1) is 0 Å². The summed E-state index contributed by atoms with van der Waals surface area (Å²) in [5.41, 5.74) is 4.73. The van der Waals surface area contributed by atoms with Gasteiger partial charge in [-0.1, -0.05) is 6.92 Å². The number of nitrogens with two attached hydrogens (primary N) is 1. The van der Waals surface area contributed by atoms with E-state index in [1.54, 1.807) is 12.1 Å². The predicted molar refractivity (Wildman–Crippen MR) is 70.2 cm³/mol.